The Morgan fingerprint density at radius 3 is 2.38 bits per heavy atom. The fourth-order valence-corrected chi connectivity index (χ4v) is 4.48. The van der Waals surface area contributed by atoms with Gasteiger partial charge in [-0.3, -0.25) is 14.5 Å². The van der Waals surface area contributed by atoms with Crippen molar-refractivity contribution in [3.8, 4) is 17.2 Å². The molecule has 0 bridgehead atoms. The number of carbonyl (C=O) groups excluding carboxylic acids is 2. The highest BCUT2D eigenvalue weighted by molar-refractivity contribution is 14.1. The third-order valence-corrected chi connectivity index (χ3v) is 6.59. The number of hydrogen-bond acceptors (Lipinski definition) is 6. The highest BCUT2D eigenvalue weighted by atomic mass is 127. The lowest BCUT2D eigenvalue weighted by molar-refractivity contribution is -0.123. The van der Waals surface area contributed by atoms with E-state index in [9.17, 15) is 9.59 Å². The van der Waals surface area contributed by atoms with E-state index < -0.39 is 0 Å². The van der Waals surface area contributed by atoms with Gasteiger partial charge in [0.05, 0.1) is 18.6 Å². The van der Waals surface area contributed by atoms with E-state index in [2.05, 4.69) is 22.6 Å². The van der Waals surface area contributed by atoms with Gasteiger partial charge in [-0.25, -0.2) is 0 Å². The number of nitrogens with zero attached hydrogens (tertiary/aromatic N) is 1. The summed E-state index contributed by atoms with van der Waals surface area (Å²) in [6.07, 6.45) is 1.70. The van der Waals surface area contributed by atoms with Crippen molar-refractivity contribution in [3.63, 3.8) is 0 Å². The first-order valence-electron chi connectivity index (χ1n) is 10.5. The third kappa shape index (κ3) is 6.12. The summed E-state index contributed by atoms with van der Waals surface area (Å²) in [4.78, 5) is 26.9. The van der Waals surface area contributed by atoms with Crippen LogP contribution in [-0.2, 0) is 11.3 Å². The summed E-state index contributed by atoms with van der Waals surface area (Å²) < 4.78 is 18.0. The summed E-state index contributed by atoms with van der Waals surface area (Å²) in [6.45, 7) is 0.991. The largest absolute Gasteiger partial charge is 0.493 e. The van der Waals surface area contributed by atoms with Gasteiger partial charge in [-0.2, -0.15) is 0 Å². The number of carbonyl (C=O) groups is 2. The Bertz CT molecular complexity index is 1200. The van der Waals surface area contributed by atoms with Crippen molar-refractivity contribution in [3.05, 3.63) is 92.4 Å². The molecule has 1 fully saturated rings. The molecule has 3 aromatic carbocycles. The normalized spacial score (nSPS) is 14.5. The van der Waals surface area contributed by atoms with Gasteiger partial charge in [-0.15, -0.1) is 0 Å². The van der Waals surface area contributed by atoms with E-state index in [1.807, 2.05) is 60.7 Å². The Morgan fingerprint density at radius 2 is 1.65 bits per heavy atom. The molecule has 0 radical (unpaired) electrons. The minimum Gasteiger partial charge on any atom is -0.493 e. The van der Waals surface area contributed by atoms with Crippen molar-refractivity contribution in [1.29, 1.82) is 0 Å². The number of amides is 2. The Kier molecular flexibility index (Phi) is 8.12. The number of methoxy groups -OCH3 is 1. The van der Waals surface area contributed by atoms with Gasteiger partial charge in [0.25, 0.3) is 11.1 Å². The predicted molar refractivity (Wildman–Crippen MR) is 141 cm³/mol. The number of ether oxygens (including phenoxy) is 3. The van der Waals surface area contributed by atoms with Crippen molar-refractivity contribution in [2.75, 3.05) is 20.3 Å². The summed E-state index contributed by atoms with van der Waals surface area (Å²) in [7, 11) is 1.56. The van der Waals surface area contributed by atoms with Gasteiger partial charge < -0.3 is 14.2 Å². The van der Waals surface area contributed by atoms with Crippen LogP contribution >= 0.6 is 34.4 Å². The molecule has 6 nitrogen and oxygen atoms in total. The second-order valence-electron chi connectivity index (χ2n) is 7.31. The molecule has 0 aliphatic carbocycles. The molecule has 1 heterocycles. The first kappa shape index (κ1) is 24.2. The molecule has 2 amide bonds. The van der Waals surface area contributed by atoms with Crippen LogP contribution < -0.4 is 14.2 Å². The van der Waals surface area contributed by atoms with Gasteiger partial charge in [0, 0.05) is 3.57 Å². The highest BCUT2D eigenvalue weighted by Crippen LogP contribution is 2.35. The molecular weight excluding hydrogens is 565 g/mol. The highest BCUT2D eigenvalue weighted by Gasteiger charge is 2.35. The van der Waals surface area contributed by atoms with Gasteiger partial charge in [0.1, 0.15) is 19.0 Å². The maximum atomic E-state index is 12.8. The van der Waals surface area contributed by atoms with E-state index in [1.54, 1.807) is 25.3 Å². The minimum atomic E-state index is -0.300. The molecule has 174 valence electrons. The second-order valence-corrected chi connectivity index (χ2v) is 9.55. The van der Waals surface area contributed by atoms with Crippen molar-refractivity contribution in [2.45, 2.75) is 6.54 Å². The van der Waals surface area contributed by atoms with Crippen molar-refractivity contribution in [1.82, 2.24) is 4.90 Å². The first-order chi connectivity index (χ1) is 16.5. The lowest BCUT2D eigenvalue weighted by atomic mass is 10.1. The molecule has 8 heteroatoms. The van der Waals surface area contributed by atoms with Crippen LogP contribution in [0.3, 0.4) is 0 Å². The fourth-order valence-electron chi connectivity index (χ4n) is 3.28. The SMILES string of the molecule is COc1cc(/C=C2\SC(=O)N(Cc3ccc(I)cc3)C2=O)ccc1OCCOc1ccccc1. The van der Waals surface area contributed by atoms with Gasteiger partial charge >= 0.3 is 0 Å². The van der Waals surface area contributed by atoms with Gasteiger partial charge in [0.2, 0.25) is 0 Å². The minimum absolute atomic E-state index is 0.250. The van der Waals surface area contributed by atoms with E-state index in [0.29, 0.717) is 29.6 Å². The molecule has 1 saturated heterocycles. The van der Waals surface area contributed by atoms with Crippen LogP contribution in [0.1, 0.15) is 11.1 Å². The van der Waals surface area contributed by atoms with Crippen LogP contribution in [0, 0.1) is 3.57 Å². The van der Waals surface area contributed by atoms with E-state index >= 15 is 0 Å². The number of hydrogen-bond donors (Lipinski definition) is 0. The van der Waals surface area contributed by atoms with Gasteiger partial charge in [-0.05, 0) is 88.0 Å². The van der Waals surface area contributed by atoms with E-state index in [1.165, 1.54) is 4.90 Å². The molecule has 0 unspecified atom stereocenters. The quantitative estimate of drug-likeness (QED) is 0.174. The number of thioether (sulfide) groups is 1. The second kappa shape index (κ2) is 11.4. The Morgan fingerprint density at radius 1 is 0.912 bits per heavy atom. The van der Waals surface area contributed by atoms with Crippen LogP contribution in [0.2, 0.25) is 0 Å². The molecule has 0 saturated carbocycles. The summed E-state index contributed by atoms with van der Waals surface area (Å²) in [5.74, 6) is 1.59. The lowest BCUT2D eigenvalue weighted by Crippen LogP contribution is -2.27. The summed E-state index contributed by atoms with van der Waals surface area (Å²) in [5.41, 5.74) is 1.65. The molecule has 0 spiro atoms. The Labute approximate surface area is 216 Å². The molecule has 1 aliphatic rings. The number of imide groups is 1. The standard InChI is InChI=1S/C26H22INO5S/c1-31-23-15-19(9-12-22(23)33-14-13-32-21-5-3-2-4-6-21)16-24-25(29)28(26(30)34-24)17-18-7-10-20(27)11-8-18/h2-12,15-16H,13-14,17H2,1H3/b24-16-. The van der Waals surface area contributed by atoms with Gasteiger partial charge in [0.15, 0.2) is 11.5 Å². The van der Waals surface area contributed by atoms with E-state index in [4.69, 9.17) is 14.2 Å². The fraction of sp³-hybridized carbons (Fsp3) is 0.154. The maximum absolute atomic E-state index is 12.8. The van der Waals surface area contributed by atoms with E-state index in [-0.39, 0.29) is 17.7 Å². The van der Waals surface area contributed by atoms with Crippen LogP contribution in [-0.4, -0.2) is 36.4 Å². The molecular formula is C26H22INO5S. The van der Waals surface area contributed by atoms with Crippen LogP contribution in [0.5, 0.6) is 17.2 Å². The smallest absolute Gasteiger partial charge is 0.293 e. The first-order valence-corrected chi connectivity index (χ1v) is 12.4. The number of benzene rings is 3. The molecule has 4 rings (SSSR count). The summed E-state index contributed by atoms with van der Waals surface area (Å²) >= 11 is 3.16. The van der Waals surface area contributed by atoms with Crippen molar-refractivity contribution in [2.24, 2.45) is 0 Å². The summed E-state index contributed by atoms with van der Waals surface area (Å²) in [6, 6.07) is 22.7. The molecule has 1 aliphatic heterocycles. The molecule has 3 aromatic rings. The zero-order valence-corrected chi connectivity index (χ0v) is 21.4. The molecule has 34 heavy (non-hydrogen) atoms. The van der Waals surface area contributed by atoms with Crippen LogP contribution in [0.25, 0.3) is 6.08 Å². The molecule has 0 aromatic heterocycles. The zero-order chi connectivity index (χ0) is 23.9. The van der Waals surface area contributed by atoms with Crippen molar-refractivity contribution < 1.29 is 23.8 Å². The van der Waals surface area contributed by atoms with Gasteiger partial charge in [-0.1, -0.05) is 36.4 Å². The van der Waals surface area contributed by atoms with Crippen LogP contribution in [0.15, 0.2) is 77.7 Å². The maximum Gasteiger partial charge on any atom is 0.293 e. The van der Waals surface area contributed by atoms with E-state index in [0.717, 1.165) is 32.2 Å². The summed E-state index contributed by atoms with van der Waals surface area (Å²) in [5, 5.41) is -0.278. The number of halogens is 1. The van der Waals surface area contributed by atoms with Crippen LogP contribution in [0.4, 0.5) is 4.79 Å². The Balaban J connectivity index is 1.39. The molecule has 0 N–H and O–H groups in total. The third-order valence-electron chi connectivity index (χ3n) is 4.97. The lowest BCUT2D eigenvalue weighted by Gasteiger charge is -2.13. The molecule has 0 atom stereocenters. The Hall–Kier alpha value is -2.98. The average molecular weight is 587 g/mol. The van der Waals surface area contributed by atoms with Crippen molar-refractivity contribution >= 4 is 51.6 Å². The average Bonchev–Trinajstić information content (AvgIpc) is 3.11. The zero-order valence-electron chi connectivity index (χ0n) is 18.4. The number of para-hydroxylation sites is 1. The number of rotatable bonds is 9. The monoisotopic (exact) mass is 587 g/mol. The predicted octanol–water partition coefficient (Wildman–Crippen LogP) is 5.99. The topological polar surface area (TPSA) is 65.1 Å².